The van der Waals surface area contributed by atoms with E-state index < -0.39 is 0 Å². The number of hydrogen-bond donors (Lipinski definition) is 0. The van der Waals surface area contributed by atoms with Crippen LogP contribution in [0.1, 0.15) is 49.8 Å². The number of rotatable bonds is 4. The smallest absolute Gasteiger partial charge is 0.250 e. The molecule has 5 nitrogen and oxygen atoms in total. The maximum absolute atomic E-state index is 13.5. The number of methoxy groups -OCH3 is 1. The molecule has 3 aliphatic rings. The van der Waals surface area contributed by atoms with Gasteiger partial charge in [-0.05, 0) is 74.1 Å². The first-order chi connectivity index (χ1) is 15.9. The number of anilines is 1. The average molecular weight is 448 g/mol. The maximum atomic E-state index is 13.5. The van der Waals surface area contributed by atoms with Crippen molar-refractivity contribution in [2.24, 2.45) is 0 Å². The first-order valence-electron chi connectivity index (χ1n) is 11.6. The van der Waals surface area contributed by atoms with Gasteiger partial charge in [0.2, 0.25) is 0 Å². The summed E-state index contributed by atoms with van der Waals surface area (Å²) in [5.74, 6) is 0.638. The molecule has 1 amide bonds. The summed E-state index contributed by atoms with van der Waals surface area (Å²) >= 11 is 0. The summed E-state index contributed by atoms with van der Waals surface area (Å²) in [5.41, 5.74) is 5.01. The second-order valence-corrected chi connectivity index (χ2v) is 9.23. The van der Waals surface area contributed by atoms with E-state index in [0.717, 1.165) is 60.5 Å². The predicted octanol–water partition coefficient (Wildman–Crippen LogP) is 5.31. The van der Waals surface area contributed by atoms with Gasteiger partial charge in [0.25, 0.3) is 5.91 Å². The Morgan fingerprint density at radius 3 is 2.58 bits per heavy atom. The molecule has 2 saturated heterocycles. The van der Waals surface area contributed by atoms with Crippen molar-refractivity contribution in [3.8, 4) is 5.75 Å². The number of carbonyl (C=O) groups is 1. The summed E-state index contributed by atoms with van der Waals surface area (Å²) in [4.78, 5) is 19.9. The van der Waals surface area contributed by atoms with Gasteiger partial charge in [0, 0.05) is 30.6 Å². The largest absolute Gasteiger partial charge is 0.495 e. The summed E-state index contributed by atoms with van der Waals surface area (Å²) in [6.07, 6.45) is 7.79. The Balaban J connectivity index is 1.40. The van der Waals surface area contributed by atoms with Crippen molar-refractivity contribution in [1.82, 2.24) is 9.80 Å². The van der Waals surface area contributed by atoms with E-state index >= 15 is 0 Å². The van der Waals surface area contributed by atoms with Gasteiger partial charge in [-0.2, -0.15) is 0 Å². The topological polar surface area (TPSA) is 36.0 Å². The second kappa shape index (κ2) is 8.58. The van der Waals surface area contributed by atoms with Crippen LogP contribution in [-0.4, -0.2) is 42.6 Å². The molecular formula is C27H30FN3O2. The molecule has 0 aromatic heterocycles. The lowest BCUT2D eigenvalue weighted by Gasteiger charge is -2.35. The third kappa shape index (κ3) is 3.99. The molecule has 2 fully saturated rings. The number of benzene rings is 2. The van der Waals surface area contributed by atoms with E-state index in [1.807, 2.05) is 35.2 Å². The minimum Gasteiger partial charge on any atom is -0.495 e. The maximum Gasteiger partial charge on any atom is 0.250 e. The summed E-state index contributed by atoms with van der Waals surface area (Å²) in [7, 11) is 3.75. The van der Waals surface area contributed by atoms with Gasteiger partial charge >= 0.3 is 0 Å². The highest BCUT2D eigenvalue weighted by Gasteiger charge is 2.41. The zero-order valence-corrected chi connectivity index (χ0v) is 19.4. The highest BCUT2D eigenvalue weighted by molar-refractivity contribution is 5.99. The number of halogens is 1. The Kier molecular flexibility index (Phi) is 5.60. The molecule has 0 saturated carbocycles. The molecule has 172 valence electrons. The van der Waals surface area contributed by atoms with Crippen LogP contribution in [0.3, 0.4) is 0 Å². The van der Waals surface area contributed by atoms with Gasteiger partial charge in [0.1, 0.15) is 11.6 Å². The third-order valence-electron chi connectivity index (χ3n) is 7.18. The van der Waals surface area contributed by atoms with E-state index in [9.17, 15) is 9.18 Å². The van der Waals surface area contributed by atoms with Crippen molar-refractivity contribution >= 4 is 17.7 Å². The van der Waals surface area contributed by atoms with Gasteiger partial charge in [-0.3, -0.25) is 4.79 Å². The first kappa shape index (κ1) is 21.6. The van der Waals surface area contributed by atoms with Crippen LogP contribution in [-0.2, 0) is 4.79 Å². The minimum absolute atomic E-state index is 0.0193. The highest BCUT2D eigenvalue weighted by atomic mass is 19.1. The third-order valence-corrected chi connectivity index (χ3v) is 7.18. The summed E-state index contributed by atoms with van der Waals surface area (Å²) in [5, 5.41) is 0. The molecule has 0 radical (unpaired) electrons. The van der Waals surface area contributed by atoms with Crippen molar-refractivity contribution in [2.75, 3.05) is 25.7 Å². The highest BCUT2D eigenvalue weighted by Crippen LogP contribution is 2.43. The number of ether oxygens (including phenoxy) is 1. The van der Waals surface area contributed by atoms with Gasteiger partial charge in [0.15, 0.2) is 0 Å². The van der Waals surface area contributed by atoms with Crippen molar-refractivity contribution < 1.29 is 13.9 Å². The van der Waals surface area contributed by atoms with E-state index in [-0.39, 0.29) is 23.8 Å². The molecule has 2 unspecified atom stereocenters. The van der Waals surface area contributed by atoms with Crippen LogP contribution in [0.5, 0.6) is 5.75 Å². The van der Waals surface area contributed by atoms with Crippen LogP contribution in [0.15, 0.2) is 59.9 Å². The molecule has 2 aromatic carbocycles. The fourth-order valence-electron chi connectivity index (χ4n) is 5.29. The van der Waals surface area contributed by atoms with Gasteiger partial charge < -0.3 is 19.4 Å². The molecule has 5 rings (SSSR count). The van der Waals surface area contributed by atoms with Crippen molar-refractivity contribution in [3.05, 3.63) is 76.9 Å². The summed E-state index contributed by atoms with van der Waals surface area (Å²) in [6.45, 7) is 2.87. The van der Waals surface area contributed by atoms with E-state index in [1.54, 1.807) is 7.11 Å². The van der Waals surface area contributed by atoms with Crippen LogP contribution in [0.25, 0.3) is 6.08 Å². The SMILES string of the molecule is COc1cc(/C=C2\CCC3CCC(c4ccc(F)cc4)N3C2=O)ccc1N1C=C(C)N(C)C1. The van der Waals surface area contributed by atoms with Crippen LogP contribution in [0.2, 0.25) is 0 Å². The normalized spacial score (nSPS) is 23.9. The van der Waals surface area contributed by atoms with Crippen LogP contribution in [0.4, 0.5) is 10.1 Å². The second-order valence-electron chi connectivity index (χ2n) is 9.23. The van der Waals surface area contributed by atoms with Crippen molar-refractivity contribution in [1.29, 1.82) is 0 Å². The predicted molar refractivity (Wildman–Crippen MR) is 128 cm³/mol. The molecule has 3 heterocycles. The quantitative estimate of drug-likeness (QED) is 0.595. The average Bonchev–Trinajstić information content (AvgIpc) is 3.39. The van der Waals surface area contributed by atoms with Gasteiger partial charge in [-0.1, -0.05) is 18.2 Å². The number of allylic oxidation sites excluding steroid dienone is 1. The standard InChI is InChI=1S/C27H30FN3O2/c1-18-16-30(17-29(18)2)25-12-4-19(15-26(25)33-3)14-21-7-10-23-11-13-24(31(23)27(21)32)20-5-8-22(28)9-6-20/h4-6,8-9,12,14-16,23-24H,7,10-11,13,17H2,1-3H3/b21-14+. The lowest BCUT2D eigenvalue weighted by atomic mass is 9.95. The van der Waals surface area contributed by atoms with Crippen molar-refractivity contribution in [2.45, 2.75) is 44.7 Å². The molecule has 6 heteroatoms. The number of nitrogens with zero attached hydrogens (tertiary/aromatic N) is 3. The Hall–Kier alpha value is -3.28. The lowest BCUT2D eigenvalue weighted by Crippen LogP contribution is -2.41. The molecule has 0 aliphatic carbocycles. The molecule has 2 atom stereocenters. The Labute approximate surface area is 194 Å². The molecule has 2 aromatic rings. The number of carbonyl (C=O) groups excluding carboxylic acids is 1. The molecule has 0 N–H and O–H groups in total. The minimum atomic E-state index is -0.248. The lowest BCUT2D eigenvalue weighted by molar-refractivity contribution is -0.131. The van der Waals surface area contributed by atoms with Gasteiger partial charge in [-0.15, -0.1) is 0 Å². The number of hydrogen-bond acceptors (Lipinski definition) is 4. The van der Waals surface area contributed by atoms with E-state index in [4.69, 9.17) is 4.74 Å². The van der Waals surface area contributed by atoms with E-state index in [2.05, 4.69) is 36.0 Å². The number of amides is 1. The fourth-order valence-corrected chi connectivity index (χ4v) is 5.29. The summed E-state index contributed by atoms with van der Waals surface area (Å²) in [6, 6.07) is 13.0. The van der Waals surface area contributed by atoms with Crippen LogP contribution >= 0.6 is 0 Å². The van der Waals surface area contributed by atoms with Gasteiger partial charge in [-0.25, -0.2) is 4.39 Å². The molecule has 0 bridgehead atoms. The Bertz CT molecular complexity index is 1120. The molecule has 33 heavy (non-hydrogen) atoms. The zero-order valence-electron chi connectivity index (χ0n) is 19.4. The molecule has 0 spiro atoms. The Morgan fingerprint density at radius 1 is 1.09 bits per heavy atom. The van der Waals surface area contributed by atoms with Crippen LogP contribution < -0.4 is 9.64 Å². The number of fused-ring (bicyclic) bond motifs is 1. The monoisotopic (exact) mass is 447 g/mol. The van der Waals surface area contributed by atoms with Gasteiger partial charge in [0.05, 0.1) is 25.5 Å². The van der Waals surface area contributed by atoms with Crippen molar-refractivity contribution in [3.63, 3.8) is 0 Å². The molecular weight excluding hydrogens is 417 g/mol. The molecule has 3 aliphatic heterocycles. The number of piperidine rings is 1. The van der Waals surface area contributed by atoms with E-state index in [1.165, 1.54) is 17.8 Å². The zero-order chi connectivity index (χ0) is 23.1. The van der Waals surface area contributed by atoms with Crippen LogP contribution in [0, 0.1) is 5.82 Å². The summed E-state index contributed by atoms with van der Waals surface area (Å²) < 4.78 is 19.1. The van der Waals surface area contributed by atoms with E-state index in [0.29, 0.717) is 0 Å². The fraction of sp³-hybridized carbons (Fsp3) is 0.370. The Morgan fingerprint density at radius 2 is 1.88 bits per heavy atom. The first-order valence-corrected chi connectivity index (χ1v) is 11.6.